The molecule has 0 aliphatic rings. The summed E-state index contributed by atoms with van der Waals surface area (Å²) in [4.78, 5) is 0. The van der Waals surface area contributed by atoms with Gasteiger partial charge in [0.15, 0.2) is 0 Å². The molecule has 1 unspecified atom stereocenters. The lowest BCUT2D eigenvalue weighted by atomic mass is 9.96. The summed E-state index contributed by atoms with van der Waals surface area (Å²) in [6, 6.07) is 11.1. The van der Waals surface area contributed by atoms with Crippen LogP contribution >= 0.6 is 11.6 Å². The van der Waals surface area contributed by atoms with E-state index in [-0.39, 0.29) is 0 Å². The molecule has 19 heavy (non-hydrogen) atoms. The standard InChI is InChI=1S/C16H17ClO2/c1-10-7-8-14(16(19-3)11(10)2)15(18)12-5-4-6-13(17)9-12/h4-9,15,18H,1-3H3. The Morgan fingerprint density at radius 3 is 2.53 bits per heavy atom. The van der Waals surface area contributed by atoms with Crippen LogP contribution in [0.3, 0.4) is 0 Å². The molecule has 0 aliphatic carbocycles. The lowest BCUT2D eigenvalue weighted by Crippen LogP contribution is -2.04. The lowest BCUT2D eigenvalue weighted by molar-refractivity contribution is 0.214. The molecule has 0 aromatic heterocycles. The van der Waals surface area contributed by atoms with Crippen molar-refractivity contribution >= 4 is 11.6 Å². The molecule has 0 radical (unpaired) electrons. The van der Waals surface area contributed by atoms with Crippen molar-refractivity contribution in [2.24, 2.45) is 0 Å². The largest absolute Gasteiger partial charge is 0.496 e. The van der Waals surface area contributed by atoms with Crippen LogP contribution < -0.4 is 4.74 Å². The van der Waals surface area contributed by atoms with E-state index in [0.717, 1.165) is 28.0 Å². The van der Waals surface area contributed by atoms with Crippen LogP contribution in [-0.4, -0.2) is 12.2 Å². The molecular weight excluding hydrogens is 260 g/mol. The Kier molecular flexibility index (Phi) is 4.13. The zero-order valence-corrected chi connectivity index (χ0v) is 12.0. The third-order valence-electron chi connectivity index (χ3n) is 3.37. The highest BCUT2D eigenvalue weighted by molar-refractivity contribution is 6.30. The summed E-state index contributed by atoms with van der Waals surface area (Å²) in [5.74, 6) is 0.729. The van der Waals surface area contributed by atoms with Crippen molar-refractivity contribution in [3.63, 3.8) is 0 Å². The number of aliphatic hydroxyl groups is 1. The predicted octanol–water partition coefficient (Wildman–Crippen LogP) is 4.05. The van der Waals surface area contributed by atoms with E-state index in [2.05, 4.69) is 0 Å². The van der Waals surface area contributed by atoms with Gasteiger partial charge in [-0.05, 0) is 42.7 Å². The van der Waals surface area contributed by atoms with Gasteiger partial charge in [-0.1, -0.05) is 35.9 Å². The number of methoxy groups -OCH3 is 1. The van der Waals surface area contributed by atoms with Gasteiger partial charge >= 0.3 is 0 Å². The first-order valence-electron chi connectivity index (χ1n) is 6.12. The molecule has 0 aliphatic heterocycles. The Hall–Kier alpha value is -1.51. The Morgan fingerprint density at radius 2 is 1.89 bits per heavy atom. The van der Waals surface area contributed by atoms with Crippen molar-refractivity contribution in [3.8, 4) is 5.75 Å². The quantitative estimate of drug-likeness (QED) is 0.916. The minimum absolute atomic E-state index is 0.611. The van der Waals surface area contributed by atoms with Gasteiger partial charge in [0.05, 0.1) is 7.11 Å². The first-order chi connectivity index (χ1) is 9.04. The molecule has 2 nitrogen and oxygen atoms in total. The molecule has 3 heteroatoms. The minimum atomic E-state index is -0.743. The van der Waals surface area contributed by atoms with E-state index in [1.165, 1.54) is 0 Å². The van der Waals surface area contributed by atoms with Crippen LogP contribution in [-0.2, 0) is 0 Å². The monoisotopic (exact) mass is 276 g/mol. The van der Waals surface area contributed by atoms with Crippen molar-refractivity contribution in [3.05, 3.63) is 63.7 Å². The number of aliphatic hydroxyl groups excluding tert-OH is 1. The fourth-order valence-electron chi connectivity index (χ4n) is 2.15. The van der Waals surface area contributed by atoms with E-state index in [0.29, 0.717) is 5.02 Å². The molecule has 0 heterocycles. The van der Waals surface area contributed by atoms with Gasteiger partial charge in [-0.25, -0.2) is 0 Å². The summed E-state index contributed by atoms with van der Waals surface area (Å²) in [6.07, 6.45) is -0.743. The summed E-state index contributed by atoms with van der Waals surface area (Å²) in [6.45, 7) is 4.01. The molecule has 2 aromatic carbocycles. The second-order valence-corrected chi connectivity index (χ2v) is 5.02. The first kappa shape index (κ1) is 13.9. The first-order valence-corrected chi connectivity index (χ1v) is 6.50. The second kappa shape index (κ2) is 5.64. The molecule has 100 valence electrons. The number of ether oxygens (including phenoxy) is 1. The highest BCUT2D eigenvalue weighted by atomic mass is 35.5. The van der Waals surface area contributed by atoms with Crippen molar-refractivity contribution < 1.29 is 9.84 Å². The summed E-state index contributed by atoms with van der Waals surface area (Å²) in [5, 5.41) is 11.1. The molecule has 0 fully saturated rings. The average Bonchev–Trinajstić information content (AvgIpc) is 2.41. The molecule has 0 saturated heterocycles. The van der Waals surface area contributed by atoms with Crippen LogP contribution in [0.1, 0.15) is 28.4 Å². The van der Waals surface area contributed by atoms with Gasteiger partial charge in [-0.2, -0.15) is 0 Å². The maximum atomic E-state index is 10.5. The third-order valence-corrected chi connectivity index (χ3v) is 3.61. The summed E-state index contributed by atoms with van der Waals surface area (Å²) in [5.41, 5.74) is 3.70. The normalized spacial score (nSPS) is 12.3. The van der Waals surface area contributed by atoms with E-state index < -0.39 is 6.10 Å². The number of halogens is 1. The smallest absolute Gasteiger partial charge is 0.128 e. The molecule has 0 spiro atoms. The Morgan fingerprint density at radius 1 is 1.16 bits per heavy atom. The molecule has 0 saturated carbocycles. The van der Waals surface area contributed by atoms with Crippen LogP contribution in [0, 0.1) is 13.8 Å². The number of rotatable bonds is 3. The Labute approximate surface area is 118 Å². The van der Waals surface area contributed by atoms with Crippen molar-refractivity contribution in [1.29, 1.82) is 0 Å². The summed E-state index contributed by atoms with van der Waals surface area (Å²) >= 11 is 5.96. The highest BCUT2D eigenvalue weighted by Crippen LogP contribution is 2.34. The van der Waals surface area contributed by atoms with E-state index in [4.69, 9.17) is 16.3 Å². The zero-order valence-electron chi connectivity index (χ0n) is 11.3. The average molecular weight is 277 g/mol. The van der Waals surface area contributed by atoms with E-state index >= 15 is 0 Å². The SMILES string of the molecule is COc1c(C(O)c2cccc(Cl)c2)ccc(C)c1C. The molecule has 1 N–H and O–H groups in total. The fraction of sp³-hybridized carbons (Fsp3) is 0.250. The minimum Gasteiger partial charge on any atom is -0.496 e. The Balaban J connectivity index is 2.50. The third kappa shape index (κ3) is 2.75. The number of aryl methyl sites for hydroxylation is 1. The van der Waals surface area contributed by atoms with Gasteiger partial charge < -0.3 is 9.84 Å². The number of hydrogen-bond acceptors (Lipinski definition) is 2. The maximum absolute atomic E-state index is 10.5. The molecule has 1 atom stereocenters. The molecular formula is C16H17ClO2. The van der Waals surface area contributed by atoms with Crippen LogP contribution in [0.15, 0.2) is 36.4 Å². The van der Waals surface area contributed by atoms with E-state index in [1.807, 2.05) is 38.1 Å². The van der Waals surface area contributed by atoms with Crippen molar-refractivity contribution in [2.45, 2.75) is 20.0 Å². The van der Waals surface area contributed by atoms with Gasteiger partial charge in [0.1, 0.15) is 11.9 Å². The van der Waals surface area contributed by atoms with Gasteiger partial charge in [-0.3, -0.25) is 0 Å². The van der Waals surface area contributed by atoms with Gasteiger partial charge in [0, 0.05) is 10.6 Å². The second-order valence-electron chi connectivity index (χ2n) is 4.59. The Bertz CT molecular complexity index is 593. The molecule has 2 rings (SSSR count). The predicted molar refractivity (Wildman–Crippen MR) is 78.0 cm³/mol. The van der Waals surface area contributed by atoms with E-state index in [9.17, 15) is 5.11 Å². The highest BCUT2D eigenvalue weighted by Gasteiger charge is 2.18. The molecule has 0 amide bonds. The maximum Gasteiger partial charge on any atom is 0.128 e. The van der Waals surface area contributed by atoms with Crippen LogP contribution in [0.5, 0.6) is 5.75 Å². The van der Waals surface area contributed by atoms with Crippen LogP contribution in [0.25, 0.3) is 0 Å². The topological polar surface area (TPSA) is 29.5 Å². The van der Waals surface area contributed by atoms with Gasteiger partial charge in [-0.15, -0.1) is 0 Å². The van der Waals surface area contributed by atoms with E-state index in [1.54, 1.807) is 19.2 Å². The number of hydrogen-bond donors (Lipinski definition) is 1. The van der Waals surface area contributed by atoms with Crippen LogP contribution in [0.4, 0.5) is 0 Å². The van der Waals surface area contributed by atoms with Crippen molar-refractivity contribution in [1.82, 2.24) is 0 Å². The molecule has 2 aromatic rings. The number of benzene rings is 2. The summed E-state index contributed by atoms with van der Waals surface area (Å²) < 4.78 is 5.44. The summed E-state index contributed by atoms with van der Waals surface area (Å²) in [7, 11) is 1.62. The van der Waals surface area contributed by atoms with Crippen LogP contribution in [0.2, 0.25) is 5.02 Å². The molecule has 0 bridgehead atoms. The van der Waals surface area contributed by atoms with Gasteiger partial charge in [0.25, 0.3) is 0 Å². The fourth-order valence-corrected chi connectivity index (χ4v) is 2.35. The lowest BCUT2D eigenvalue weighted by Gasteiger charge is -2.18. The van der Waals surface area contributed by atoms with Gasteiger partial charge in [0.2, 0.25) is 0 Å². The van der Waals surface area contributed by atoms with Crippen molar-refractivity contribution in [2.75, 3.05) is 7.11 Å². The zero-order chi connectivity index (χ0) is 14.0.